The van der Waals surface area contributed by atoms with Gasteiger partial charge in [0.1, 0.15) is 11.6 Å². The quantitative estimate of drug-likeness (QED) is 0.910. The number of nitrogens with one attached hydrogen (secondary N) is 1. The number of carbonyl (C=O) groups excluding carboxylic acids is 1. The molecule has 0 spiro atoms. The van der Waals surface area contributed by atoms with Crippen molar-refractivity contribution in [2.45, 2.75) is 18.8 Å². The molecule has 0 aromatic carbocycles. The van der Waals surface area contributed by atoms with Gasteiger partial charge in [-0.2, -0.15) is 0 Å². The molecule has 0 bridgehead atoms. The standard InChI is InChI=1S/C13H13N3O3/c1-18-9-4-5-14-12(6-9)15-13(17)11-7-10(16-19-11)8-2-3-8/h4-8H,2-3H2,1H3,(H,14,15,17). The maximum Gasteiger partial charge on any atom is 0.295 e. The van der Waals surface area contributed by atoms with Crippen molar-refractivity contribution in [1.82, 2.24) is 10.1 Å². The highest BCUT2D eigenvalue weighted by Crippen LogP contribution is 2.39. The monoisotopic (exact) mass is 259 g/mol. The summed E-state index contributed by atoms with van der Waals surface area (Å²) in [4.78, 5) is 16.0. The smallest absolute Gasteiger partial charge is 0.295 e. The number of hydrogen-bond acceptors (Lipinski definition) is 5. The molecular formula is C13H13N3O3. The highest BCUT2D eigenvalue weighted by Gasteiger charge is 2.28. The van der Waals surface area contributed by atoms with Crippen molar-refractivity contribution in [1.29, 1.82) is 0 Å². The van der Waals surface area contributed by atoms with Crippen molar-refractivity contribution in [3.05, 3.63) is 35.9 Å². The third-order valence-electron chi connectivity index (χ3n) is 2.96. The van der Waals surface area contributed by atoms with Gasteiger partial charge in [-0.25, -0.2) is 4.98 Å². The van der Waals surface area contributed by atoms with Crippen LogP contribution < -0.4 is 10.1 Å². The first-order valence-corrected chi connectivity index (χ1v) is 6.04. The first-order chi connectivity index (χ1) is 9.26. The summed E-state index contributed by atoms with van der Waals surface area (Å²) in [5.41, 5.74) is 0.851. The molecule has 1 amide bonds. The highest BCUT2D eigenvalue weighted by atomic mass is 16.5. The second-order valence-electron chi connectivity index (χ2n) is 4.43. The number of ether oxygens (including phenoxy) is 1. The van der Waals surface area contributed by atoms with E-state index in [1.54, 1.807) is 31.5 Å². The van der Waals surface area contributed by atoms with Crippen LogP contribution in [0, 0.1) is 0 Å². The van der Waals surface area contributed by atoms with Crippen LogP contribution >= 0.6 is 0 Å². The number of rotatable bonds is 4. The van der Waals surface area contributed by atoms with Gasteiger partial charge in [0.05, 0.1) is 12.8 Å². The number of anilines is 1. The van der Waals surface area contributed by atoms with Gasteiger partial charge >= 0.3 is 0 Å². The number of carbonyl (C=O) groups is 1. The minimum Gasteiger partial charge on any atom is -0.497 e. The zero-order valence-electron chi connectivity index (χ0n) is 10.4. The number of amides is 1. The van der Waals surface area contributed by atoms with Crippen LogP contribution in [0.4, 0.5) is 5.82 Å². The van der Waals surface area contributed by atoms with Crippen molar-refractivity contribution in [3.8, 4) is 5.75 Å². The van der Waals surface area contributed by atoms with E-state index in [1.807, 2.05) is 0 Å². The van der Waals surface area contributed by atoms with E-state index in [9.17, 15) is 4.79 Å². The lowest BCUT2D eigenvalue weighted by atomic mass is 10.2. The van der Waals surface area contributed by atoms with Gasteiger partial charge in [-0.05, 0) is 18.9 Å². The van der Waals surface area contributed by atoms with Gasteiger partial charge in [-0.15, -0.1) is 0 Å². The molecule has 0 unspecified atom stereocenters. The van der Waals surface area contributed by atoms with Crippen molar-refractivity contribution in [2.24, 2.45) is 0 Å². The van der Waals surface area contributed by atoms with E-state index in [1.165, 1.54) is 0 Å². The Bertz CT molecular complexity index is 605. The summed E-state index contributed by atoms with van der Waals surface area (Å²) in [6.07, 6.45) is 3.79. The zero-order valence-corrected chi connectivity index (χ0v) is 10.4. The molecule has 0 aliphatic heterocycles. The Kier molecular flexibility index (Phi) is 2.91. The average Bonchev–Trinajstić information content (AvgIpc) is 3.16. The zero-order chi connectivity index (χ0) is 13.2. The Hall–Kier alpha value is -2.37. The number of pyridine rings is 1. The van der Waals surface area contributed by atoms with Crippen molar-refractivity contribution in [3.63, 3.8) is 0 Å². The summed E-state index contributed by atoms with van der Waals surface area (Å²) in [5.74, 6) is 1.34. The van der Waals surface area contributed by atoms with Crippen LogP contribution in [-0.2, 0) is 0 Å². The van der Waals surface area contributed by atoms with Crippen LogP contribution in [0.3, 0.4) is 0 Å². The second-order valence-corrected chi connectivity index (χ2v) is 4.43. The van der Waals surface area contributed by atoms with Gasteiger partial charge in [0.2, 0.25) is 5.76 Å². The molecule has 1 fully saturated rings. The largest absolute Gasteiger partial charge is 0.497 e. The maximum atomic E-state index is 11.9. The van der Waals surface area contributed by atoms with Crippen LogP contribution in [0.2, 0.25) is 0 Å². The summed E-state index contributed by atoms with van der Waals surface area (Å²) >= 11 is 0. The lowest BCUT2D eigenvalue weighted by Crippen LogP contribution is -2.12. The van der Waals surface area contributed by atoms with Gasteiger partial charge in [0.25, 0.3) is 5.91 Å². The normalized spacial score (nSPS) is 14.2. The summed E-state index contributed by atoms with van der Waals surface area (Å²) in [6.45, 7) is 0. The second kappa shape index (κ2) is 4.72. The van der Waals surface area contributed by atoms with Crippen LogP contribution in [0.1, 0.15) is 35.0 Å². The molecule has 1 aliphatic rings. The summed E-state index contributed by atoms with van der Waals surface area (Å²) in [6, 6.07) is 5.03. The molecule has 2 heterocycles. The Morgan fingerprint density at radius 2 is 2.32 bits per heavy atom. The molecule has 1 N–H and O–H groups in total. The molecule has 1 aliphatic carbocycles. The third-order valence-corrected chi connectivity index (χ3v) is 2.96. The molecule has 2 aromatic heterocycles. The highest BCUT2D eigenvalue weighted by molar-refractivity contribution is 6.01. The Morgan fingerprint density at radius 3 is 3.05 bits per heavy atom. The Morgan fingerprint density at radius 1 is 1.47 bits per heavy atom. The fourth-order valence-electron chi connectivity index (χ4n) is 1.75. The van der Waals surface area contributed by atoms with E-state index in [2.05, 4.69) is 15.5 Å². The number of aromatic nitrogens is 2. The summed E-state index contributed by atoms with van der Waals surface area (Å²) < 4.78 is 10.1. The van der Waals surface area contributed by atoms with Gasteiger partial charge < -0.3 is 14.6 Å². The van der Waals surface area contributed by atoms with E-state index in [0.717, 1.165) is 18.5 Å². The Balaban J connectivity index is 1.72. The predicted molar refractivity (Wildman–Crippen MR) is 67.2 cm³/mol. The van der Waals surface area contributed by atoms with E-state index in [4.69, 9.17) is 9.26 Å². The van der Waals surface area contributed by atoms with Gasteiger partial charge in [0.15, 0.2) is 0 Å². The van der Waals surface area contributed by atoms with Crippen molar-refractivity contribution >= 4 is 11.7 Å². The molecule has 1 saturated carbocycles. The van der Waals surface area contributed by atoms with Crippen LogP contribution in [0.5, 0.6) is 5.75 Å². The van der Waals surface area contributed by atoms with E-state index < -0.39 is 0 Å². The molecule has 0 atom stereocenters. The average molecular weight is 259 g/mol. The Labute approximate surface area is 109 Å². The number of nitrogens with zero attached hydrogens (tertiary/aromatic N) is 2. The first-order valence-electron chi connectivity index (χ1n) is 6.04. The number of hydrogen-bond donors (Lipinski definition) is 1. The SMILES string of the molecule is COc1ccnc(NC(=O)c2cc(C3CC3)no2)c1. The molecule has 0 radical (unpaired) electrons. The fourth-order valence-corrected chi connectivity index (χ4v) is 1.75. The van der Waals surface area contributed by atoms with E-state index in [0.29, 0.717) is 17.5 Å². The summed E-state index contributed by atoms with van der Waals surface area (Å²) in [7, 11) is 1.55. The molecular weight excluding hydrogens is 246 g/mol. The molecule has 98 valence electrons. The van der Waals surface area contributed by atoms with E-state index >= 15 is 0 Å². The minimum atomic E-state index is -0.361. The number of methoxy groups -OCH3 is 1. The van der Waals surface area contributed by atoms with Crippen LogP contribution in [-0.4, -0.2) is 23.2 Å². The molecule has 6 heteroatoms. The lowest BCUT2D eigenvalue weighted by molar-refractivity contribution is 0.0987. The molecule has 0 saturated heterocycles. The van der Waals surface area contributed by atoms with Crippen molar-refractivity contribution in [2.75, 3.05) is 12.4 Å². The van der Waals surface area contributed by atoms with Crippen LogP contribution in [0.15, 0.2) is 28.9 Å². The van der Waals surface area contributed by atoms with Gasteiger partial charge in [-0.3, -0.25) is 4.79 Å². The fraction of sp³-hybridized carbons (Fsp3) is 0.308. The van der Waals surface area contributed by atoms with Gasteiger partial charge in [-0.1, -0.05) is 5.16 Å². The van der Waals surface area contributed by atoms with Crippen molar-refractivity contribution < 1.29 is 14.1 Å². The lowest BCUT2D eigenvalue weighted by Gasteiger charge is -2.03. The maximum absolute atomic E-state index is 11.9. The topological polar surface area (TPSA) is 77.2 Å². The molecule has 6 nitrogen and oxygen atoms in total. The molecule has 19 heavy (non-hydrogen) atoms. The summed E-state index contributed by atoms with van der Waals surface area (Å²) in [5, 5.41) is 6.54. The first kappa shape index (κ1) is 11.7. The van der Waals surface area contributed by atoms with Gasteiger partial charge in [0, 0.05) is 24.2 Å². The van der Waals surface area contributed by atoms with Crippen LogP contribution in [0.25, 0.3) is 0 Å². The third kappa shape index (κ3) is 2.57. The molecule has 2 aromatic rings. The minimum absolute atomic E-state index is 0.200. The predicted octanol–water partition coefficient (Wildman–Crippen LogP) is 2.21. The van der Waals surface area contributed by atoms with E-state index in [-0.39, 0.29) is 11.7 Å². The molecule has 3 rings (SSSR count).